The van der Waals surface area contributed by atoms with Crippen LogP contribution in [-0.4, -0.2) is 59.9 Å². The summed E-state index contributed by atoms with van der Waals surface area (Å²) in [5.74, 6) is 0.0266. The first-order valence-electron chi connectivity index (χ1n) is 5.44. The van der Waals surface area contributed by atoms with Gasteiger partial charge in [-0.2, -0.15) is 0 Å². The van der Waals surface area contributed by atoms with Crippen molar-refractivity contribution in [1.29, 1.82) is 0 Å². The zero-order valence-corrected chi connectivity index (χ0v) is 9.15. The molecule has 15 heavy (non-hydrogen) atoms. The van der Waals surface area contributed by atoms with Crippen LogP contribution in [0.1, 0.15) is 13.3 Å². The van der Waals surface area contributed by atoms with E-state index in [9.17, 15) is 4.79 Å². The monoisotopic (exact) mass is 216 g/mol. The quantitative estimate of drug-likeness (QED) is 0.539. The third-order valence-electron chi connectivity index (χ3n) is 2.89. The van der Waals surface area contributed by atoms with Crippen molar-refractivity contribution in [2.75, 3.05) is 32.8 Å². The molecule has 1 heterocycles. The molecule has 0 bridgehead atoms. The SMILES string of the molecule is CC1NCCC1C(=O)N(CCO)CCO. The van der Waals surface area contributed by atoms with Gasteiger partial charge in [0, 0.05) is 19.1 Å². The summed E-state index contributed by atoms with van der Waals surface area (Å²) >= 11 is 0. The summed E-state index contributed by atoms with van der Waals surface area (Å²) in [5.41, 5.74) is 0. The Morgan fingerprint density at radius 2 is 2.00 bits per heavy atom. The molecule has 0 radical (unpaired) electrons. The highest BCUT2D eigenvalue weighted by Crippen LogP contribution is 2.17. The Labute approximate surface area is 90.1 Å². The second-order valence-corrected chi connectivity index (χ2v) is 3.91. The normalized spacial score (nSPS) is 25.5. The molecule has 2 atom stereocenters. The van der Waals surface area contributed by atoms with Crippen LogP contribution in [0.2, 0.25) is 0 Å². The van der Waals surface area contributed by atoms with E-state index in [2.05, 4.69) is 5.32 Å². The van der Waals surface area contributed by atoms with Crippen LogP contribution < -0.4 is 5.32 Å². The number of carbonyl (C=O) groups is 1. The lowest BCUT2D eigenvalue weighted by Crippen LogP contribution is -2.42. The average molecular weight is 216 g/mol. The number of hydrogen-bond acceptors (Lipinski definition) is 4. The third kappa shape index (κ3) is 3.15. The fourth-order valence-corrected chi connectivity index (χ4v) is 2.00. The Morgan fingerprint density at radius 1 is 1.40 bits per heavy atom. The minimum absolute atomic E-state index is 0.0110. The minimum atomic E-state index is -0.0553. The maximum absolute atomic E-state index is 12.0. The van der Waals surface area contributed by atoms with E-state index in [1.54, 1.807) is 0 Å². The summed E-state index contributed by atoms with van der Waals surface area (Å²) in [6.07, 6.45) is 0.841. The Balaban J connectivity index is 2.54. The smallest absolute Gasteiger partial charge is 0.227 e. The largest absolute Gasteiger partial charge is 0.395 e. The number of nitrogens with zero attached hydrogens (tertiary/aromatic N) is 1. The molecule has 0 aromatic carbocycles. The van der Waals surface area contributed by atoms with Gasteiger partial charge in [0.25, 0.3) is 0 Å². The zero-order chi connectivity index (χ0) is 11.3. The van der Waals surface area contributed by atoms with Gasteiger partial charge in [-0.05, 0) is 19.9 Å². The molecule has 0 saturated carbocycles. The fourth-order valence-electron chi connectivity index (χ4n) is 2.00. The Bertz CT molecular complexity index is 205. The van der Waals surface area contributed by atoms with Crippen LogP contribution in [0, 0.1) is 5.92 Å². The first kappa shape index (κ1) is 12.4. The van der Waals surface area contributed by atoms with Crippen molar-refractivity contribution < 1.29 is 15.0 Å². The number of nitrogens with one attached hydrogen (secondary N) is 1. The van der Waals surface area contributed by atoms with Gasteiger partial charge in [-0.25, -0.2) is 0 Å². The summed E-state index contributed by atoms with van der Waals surface area (Å²) in [6.45, 7) is 3.36. The van der Waals surface area contributed by atoms with Gasteiger partial charge < -0.3 is 20.4 Å². The van der Waals surface area contributed by atoms with E-state index < -0.39 is 0 Å². The zero-order valence-electron chi connectivity index (χ0n) is 9.15. The first-order chi connectivity index (χ1) is 7.20. The minimum Gasteiger partial charge on any atom is -0.395 e. The molecule has 1 fully saturated rings. The molecule has 3 N–H and O–H groups in total. The van der Waals surface area contributed by atoms with E-state index in [1.807, 2.05) is 6.92 Å². The Kier molecular flexibility index (Phi) is 5.01. The molecular formula is C10H20N2O3. The predicted octanol–water partition coefficient (Wildman–Crippen LogP) is -1.20. The number of aliphatic hydroxyl groups is 2. The lowest BCUT2D eigenvalue weighted by molar-refractivity contribution is -0.136. The van der Waals surface area contributed by atoms with Crippen LogP contribution in [0.5, 0.6) is 0 Å². The molecule has 0 aromatic rings. The highest BCUT2D eigenvalue weighted by atomic mass is 16.3. The number of amides is 1. The van der Waals surface area contributed by atoms with Gasteiger partial charge in [0.1, 0.15) is 0 Å². The van der Waals surface area contributed by atoms with Crippen LogP contribution in [-0.2, 0) is 4.79 Å². The van der Waals surface area contributed by atoms with E-state index in [0.29, 0.717) is 13.1 Å². The highest BCUT2D eigenvalue weighted by Gasteiger charge is 2.32. The van der Waals surface area contributed by atoms with Crippen LogP contribution in [0.4, 0.5) is 0 Å². The van der Waals surface area contributed by atoms with E-state index >= 15 is 0 Å². The molecule has 1 aliphatic rings. The number of hydrogen-bond donors (Lipinski definition) is 3. The van der Waals surface area contributed by atoms with Gasteiger partial charge >= 0.3 is 0 Å². The van der Waals surface area contributed by atoms with E-state index in [1.165, 1.54) is 4.90 Å². The van der Waals surface area contributed by atoms with Crippen LogP contribution >= 0.6 is 0 Å². The third-order valence-corrected chi connectivity index (χ3v) is 2.89. The van der Waals surface area contributed by atoms with E-state index in [0.717, 1.165) is 13.0 Å². The molecule has 5 heteroatoms. The topological polar surface area (TPSA) is 72.8 Å². The van der Waals surface area contributed by atoms with E-state index in [-0.39, 0.29) is 31.1 Å². The molecule has 1 amide bonds. The number of aliphatic hydroxyl groups excluding tert-OH is 2. The average Bonchev–Trinajstić information content (AvgIpc) is 2.63. The maximum atomic E-state index is 12.0. The summed E-state index contributed by atoms with van der Waals surface area (Å²) < 4.78 is 0. The molecule has 2 unspecified atom stereocenters. The van der Waals surface area contributed by atoms with Gasteiger partial charge in [-0.1, -0.05) is 0 Å². The number of rotatable bonds is 5. The van der Waals surface area contributed by atoms with Crippen molar-refractivity contribution >= 4 is 5.91 Å². The van der Waals surface area contributed by atoms with Gasteiger partial charge in [0.15, 0.2) is 0 Å². The molecule has 1 rings (SSSR count). The molecule has 1 aliphatic heterocycles. The van der Waals surface area contributed by atoms with Gasteiger partial charge in [0.2, 0.25) is 5.91 Å². The van der Waals surface area contributed by atoms with Gasteiger partial charge in [-0.15, -0.1) is 0 Å². The molecule has 0 spiro atoms. The standard InChI is InChI=1S/C10H20N2O3/c1-8-9(2-3-11-8)10(15)12(4-6-13)5-7-14/h8-9,11,13-14H,2-7H2,1H3. The Morgan fingerprint density at radius 3 is 2.40 bits per heavy atom. The summed E-state index contributed by atoms with van der Waals surface area (Å²) in [5, 5.41) is 20.9. The van der Waals surface area contributed by atoms with Crippen molar-refractivity contribution in [1.82, 2.24) is 10.2 Å². The van der Waals surface area contributed by atoms with Crippen molar-refractivity contribution in [3.63, 3.8) is 0 Å². The second kappa shape index (κ2) is 6.05. The van der Waals surface area contributed by atoms with E-state index in [4.69, 9.17) is 10.2 Å². The fraction of sp³-hybridized carbons (Fsp3) is 0.900. The van der Waals surface area contributed by atoms with Crippen LogP contribution in [0.25, 0.3) is 0 Å². The molecular weight excluding hydrogens is 196 g/mol. The van der Waals surface area contributed by atoms with Gasteiger partial charge in [-0.3, -0.25) is 4.79 Å². The highest BCUT2D eigenvalue weighted by molar-refractivity contribution is 5.79. The van der Waals surface area contributed by atoms with Gasteiger partial charge in [0.05, 0.1) is 19.1 Å². The number of carbonyl (C=O) groups excluding carboxylic acids is 1. The Hall–Kier alpha value is -0.650. The molecule has 0 aromatic heterocycles. The second-order valence-electron chi connectivity index (χ2n) is 3.91. The summed E-state index contributed by atoms with van der Waals surface area (Å²) in [4.78, 5) is 13.5. The summed E-state index contributed by atoms with van der Waals surface area (Å²) in [6, 6.07) is 0.192. The maximum Gasteiger partial charge on any atom is 0.227 e. The first-order valence-corrected chi connectivity index (χ1v) is 5.44. The van der Waals surface area contributed by atoms with Crippen molar-refractivity contribution in [2.45, 2.75) is 19.4 Å². The van der Waals surface area contributed by atoms with Crippen molar-refractivity contribution in [3.8, 4) is 0 Å². The lowest BCUT2D eigenvalue weighted by atomic mass is 10.0. The molecule has 1 saturated heterocycles. The molecule has 5 nitrogen and oxygen atoms in total. The predicted molar refractivity (Wildman–Crippen MR) is 56.3 cm³/mol. The van der Waals surface area contributed by atoms with Crippen LogP contribution in [0.15, 0.2) is 0 Å². The van der Waals surface area contributed by atoms with Crippen LogP contribution in [0.3, 0.4) is 0 Å². The molecule has 0 aliphatic carbocycles. The summed E-state index contributed by atoms with van der Waals surface area (Å²) in [7, 11) is 0. The van der Waals surface area contributed by atoms with Crippen molar-refractivity contribution in [3.05, 3.63) is 0 Å². The lowest BCUT2D eigenvalue weighted by Gasteiger charge is -2.25. The molecule has 88 valence electrons. The van der Waals surface area contributed by atoms with Crippen molar-refractivity contribution in [2.24, 2.45) is 5.92 Å².